The van der Waals surface area contributed by atoms with Crippen molar-refractivity contribution in [2.45, 2.75) is 179 Å². The van der Waals surface area contributed by atoms with Gasteiger partial charge in [0.25, 0.3) is 0 Å². The lowest BCUT2D eigenvalue weighted by atomic mass is 10.0. The van der Waals surface area contributed by atoms with Crippen molar-refractivity contribution in [1.82, 2.24) is 9.55 Å². The Morgan fingerprint density at radius 3 is 2.10 bits per heavy atom. The summed E-state index contributed by atoms with van der Waals surface area (Å²) in [6.45, 7) is 4.06. The number of carbonyl (C=O) groups excluding carboxylic acids is 2. The monoisotopic (exact) mass is 1010 g/mol. The van der Waals surface area contributed by atoms with Gasteiger partial charge < -0.3 is 50.2 Å². The minimum atomic E-state index is -5.48. The van der Waals surface area contributed by atoms with Crippen LogP contribution in [0.15, 0.2) is 65.7 Å². The van der Waals surface area contributed by atoms with E-state index in [0.29, 0.717) is 18.8 Å². The Morgan fingerprint density at radius 2 is 1.44 bits per heavy atom. The maximum atomic E-state index is 12.8. The fraction of sp³-hybridized carbons (Fsp3) is 0.696. The van der Waals surface area contributed by atoms with Crippen LogP contribution in [0, 0.1) is 5.92 Å². The van der Waals surface area contributed by atoms with Crippen molar-refractivity contribution in [2.75, 3.05) is 25.6 Å². The smallest absolute Gasteiger partial charge is 0.462 e. The Bertz CT molecular complexity index is 1880. The molecule has 0 amide bonds. The number of nitrogen functional groups attached to an aromatic ring is 1. The molecule has 9 atom stereocenters. The largest absolute Gasteiger partial charge is 0.481 e. The van der Waals surface area contributed by atoms with Crippen molar-refractivity contribution < 1.29 is 76.5 Å². The van der Waals surface area contributed by atoms with Crippen LogP contribution in [0.2, 0.25) is 0 Å². The van der Waals surface area contributed by atoms with Gasteiger partial charge in [0.15, 0.2) is 12.3 Å². The number of anilines is 1. The van der Waals surface area contributed by atoms with E-state index in [0.717, 1.165) is 55.7 Å². The van der Waals surface area contributed by atoms with Crippen LogP contribution in [0.25, 0.3) is 0 Å². The molecule has 1 aliphatic heterocycles. The zero-order chi connectivity index (χ0) is 50.4. The number of ether oxygens (including phenoxy) is 3. The number of nitrogens with two attached hydrogens (primary N) is 1. The van der Waals surface area contributed by atoms with Crippen LogP contribution in [0.5, 0.6) is 0 Å². The quantitative estimate of drug-likeness (QED) is 0.0119. The molecule has 0 bridgehead atoms. The van der Waals surface area contributed by atoms with Gasteiger partial charge in [-0.1, -0.05) is 134 Å². The van der Waals surface area contributed by atoms with Crippen LogP contribution in [-0.4, -0.2) is 108 Å². The first kappa shape index (κ1) is 60.8. The minimum Gasteiger partial charge on any atom is -0.462 e. The number of aliphatic hydroxyl groups is 4. The Kier molecular flexibility index (Phi) is 30.4. The number of phosphoric acid groups is 2. The van der Waals surface area contributed by atoms with Gasteiger partial charge in [-0.15, -0.1) is 0 Å². The standard InChI is InChI=1S/C46H77N3O17P2/c1-4-5-6-7-13-18-24-36(50)25-19-15-16-20-26-37(51)27-22-29-42(53)64-38(32-61-41(52)28-21-14-11-9-8-10-12-17-23-35(2)3)33-62-67(57,58)66-68(59,60)63-34-39-43(54)44(55)45(65-39)49-31-30-40(47)48-46(49)56/h13,15-16,18-20,25-26,30-31,35-39,43-45,50-51,54-55H,4-12,14,17,21-24,27-29,32-34H2,1-3H3,(H,57,58)(H,59,60)(H2,47,48,56)/b16-15+,18-13-,25-19+,26-20-/t36-,37-,38+,39+,43+,44+,45+/m0/s1. The van der Waals surface area contributed by atoms with Gasteiger partial charge in [-0.25, -0.2) is 13.9 Å². The summed E-state index contributed by atoms with van der Waals surface area (Å²) in [7, 11) is -11.0. The second-order valence-corrected chi connectivity index (χ2v) is 20.2. The minimum absolute atomic E-state index is 0.0724. The number of aliphatic hydroxyl groups excluding tert-OH is 4. The molecule has 2 unspecified atom stereocenters. The molecule has 0 spiro atoms. The van der Waals surface area contributed by atoms with Crippen molar-refractivity contribution in [3.8, 4) is 0 Å². The van der Waals surface area contributed by atoms with Gasteiger partial charge in [0, 0.05) is 19.0 Å². The summed E-state index contributed by atoms with van der Waals surface area (Å²) in [5.74, 6) is -0.856. The van der Waals surface area contributed by atoms with E-state index in [9.17, 15) is 53.7 Å². The molecule has 2 rings (SSSR count). The predicted octanol–water partition coefficient (Wildman–Crippen LogP) is 6.79. The third kappa shape index (κ3) is 27.7. The van der Waals surface area contributed by atoms with Crippen LogP contribution >= 0.6 is 15.6 Å². The molecule has 1 aromatic heterocycles. The molecule has 1 saturated heterocycles. The molecule has 388 valence electrons. The first-order valence-corrected chi connectivity index (χ1v) is 26.7. The van der Waals surface area contributed by atoms with Gasteiger partial charge in [-0.05, 0) is 50.5 Å². The number of carbonyl (C=O) groups is 2. The lowest BCUT2D eigenvalue weighted by Crippen LogP contribution is -2.36. The molecule has 22 heteroatoms. The predicted molar refractivity (Wildman–Crippen MR) is 255 cm³/mol. The number of aromatic nitrogens is 2. The topological polar surface area (TPSA) is 306 Å². The third-order valence-corrected chi connectivity index (χ3v) is 13.1. The van der Waals surface area contributed by atoms with Crippen molar-refractivity contribution in [3.63, 3.8) is 0 Å². The van der Waals surface area contributed by atoms with E-state index < -0.39 is 95.9 Å². The molecule has 20 nitrogen and oxygen atoms in total. The number of unbranched alkanes of at least 4 members (excludes halogenated alkanes) is 10. The number of esters is 2. The molecule has 0 aromatic carbocycles. The van der Waals surface area contributed by atoms with E-state index >= 15 is 0 Å². The van der Waals surface area contributed by atoms with Crippen molar-refractivity contribution in [3.05, 3.63) is 71.4 Å². The van der Waals surface area contributed by atoms with Crippen molar-refractivity contribution >= 4 is 33.4 Å². The molecule has 0 aliphatic carbocycles. The summed E-state index contributed by atoms with van der Waals surface area (Å²) < 4.78 is 56.4. The van der Waals surface area contributed by atoms with E-state index in [1.807, 2.05) is 6.08 Å². The molecule has 1 aliphatic rings. The van der Waals surface area contributed by atoms with E-state index in [1.165, 1.54) is 44.2 Å². The molecule has 0 saturated carbocycles. The summed E-state index contributed by atoms with van der Waals surface area (Å²) >= 11 is 0. The highest BCUT2D eigenvalue weighted by molar-refractivity contribution is 7.61. The number of hydrogen-bond acceptors (Lipinski definition) is 17. The first-order valence-electron chi connectivity index (χ1n) is 23.7. The number of hydrogen-bond donors (Lipinski definition) is 7. The van der Waals surface area contributed by atoms with Gasteiger partial charge in [-0.3, -0.25) is 23.2 Å². The van der Waals surface area contributed by atoms with Crippen molar-refractivity contribution in [2.24, 2.45) is 5.92 Å². The van der Waals surface area contributed by atoms with E-state index in [1.54, 1.807) is 30.4 Å². The normalized spacial score (nSPS) is 20.9. The summed E-state index contributed by atoms with van der Waals surface area (Å²) in [4.78, 5) is 61.7. The number of phosphoric ester groups is 2. The molecule has 8 N–H and O–H groups in total. The highest BCUT2D eigenvalue weighted by Gasteiger charge is 2.46. The van der Waals surface area contributed by atoms with Gasteiger partial charge in [-0.2, -0.15) is 9.29 Å². The zero-order valence-corrected chi connectivity index (χ0v) is 41.6. The number of allylic oxidation sites excluding steroid dienone is 5. The lowest BCUT2D eigenvalue weighted by molar-refractivity contribution is -0.161. The van der Waals surface area contributed by atoms with Gasteiger partial charge in [0.1, 0.15) is 30.7 Å². The maximum Gasteiger partial charge on any atom is 0.481 e. The molecular formula is C46H77N3O17P2. The molecule has 0 radical (unpaired) electrons. The van der Waals surface area contributed by atoms with Crippen LogP contribution in [0.3, 0.4) is 0 Å². The highest BCUT2D eigenvalue weighted by atomic mass is 31.3. The second kappa shape index (κ2) is 34.0. The van der Waals surface area contributed by atoms with Gasteiger partial charge in [0.2, 0.25) is 0 Å². The highest BCUT2D eigenvalue weighted by Crippen LogP contribution is 2.60. The molecule has 2 heterocycles. The summed E-state index contributed by atoms with van der Waals surface area (Å²) in [6, 6.07) is 1.23. The van der Waals surface area contributed by atoms with E-state index in [4.69, 9.17) is 29.0 Å². The molecule has 68 heavy (non-hydrogen) atoms. The van der Waals surface area contributed by atoms with E-state index in [2.05, 4.69) is 36.1 Å². The maximum absolute atomic E-state index is 12.8. The fourth-order valence-corrected chi connectivity index (χ4v) is 8.86. The number of rotatable bonds is 37. The molecule has 1 fully saturated rings. The zero-order valence-electron chi connectivity index (χ0n) is 39.8. The van der Waals surface area contributed by atoms with Crippen molar-refractivity contribution in [1.29, 1.82) is 0 Å². The second-order valence-electron chi connectivity index (χ2n) is 17.1. The lowest BCUT2D eigenvalue weighted by Gasteiger charge is -2.21. The average Bonchev–Trinajstić information content (AvgIpc) is 3.55. The summed E-state index contributed by atoms with van der Waals surface area (Å²) in [5.41, 5.74) is 4.55. The Balaban J connectivity index is 1.90. The Morgan fingerprint density at radius 1 is 0.809 bits per heavy atom. The van der Waals surface area contributed by atoms with Crippen LogP contribution in [0.1, 0.15) is 143 Å². The summed E-state index contributed by atoms with van der Waals surface area (Å²) in [5, 5.41) is 41.3. The average molecular weight is 1010 g/mol. The van der Waals surface area contributed by atoms with E-state index in [-0.39, 0.29) is 31.5 Å². The van der Waals surface area contributed by atoms with Gasteiger partial charge >= 0.3 is 33.3 Å². The number of nitrogens with zero attached hydrogens (tertiary/aromatic N) is 2. The van der Waals surface area contributed by atoms with Crippen LogP contribution in [-0.2, 0) is 46.3 Å². The third-order valence-electron chi connectivity index (χ3n) is 10.5. The first-order chi connectivity index (χ1) is 32.3. The van der Waals surface area contributed by atoms with Crippen LogP contribution < -0.4 is 11.4 Å². The molecular weight excluding hydrogens is 928 g/mol. The molecule has 1 aromatic rings. The SMILES string of the molecule is CCCCC/C=C\C[C@H](O)/C=C/C=C/C=C\[C@H](O)CCCC(=O)O[C@H](COC(=O)CCCCCCCCCCC(C)C)COP(=O)(O)OP(=O)(O)OC[C@H]1O[C@@H](n2ccc(N)nc2=O)[C@H](O)[C@@H]1O. The van der Waals surface area contributed by atoms with Gasteiger partial charge in [0.05, 0.1) is 25.4 Å². The Labute approximate surface area is 400 Å². The summed E-state index contributed by atoms with van der Waals surface area (Å²) in [6.07, 6.45) is 20.0. The Hall–Kier alpha value is -3.36. The van der Waals surface area contributed by atoms with Crippen LogP contribution in [0.4, 0.5) is 5.82 Å². The fourth-order valence-electron chi connectivity index (χ4n) is 6.75.